The molecule has 0 heterocycles. The summed E-state index contributed by atoms with van der Waals surface area (Å²) in [6, 6.07) is 0. The summed E-state index contributed by atoms with van der Waals surface area (Å²) in [7, 11) is 0. The van der Waals surface area contributed by atoms with Gasteiger partial charge in [0.1, 0.15) is 0 Å². The van der Waals surface area contributed by atoms with E-state index in [2.05, 4.69) is 6.92 Å². The summed E-state index contributed by atoms with van der Waals surface area (Å²) in [4.78, 5) is 10.2. The number of aliphatic carboxylic acids is 1. The van der Waals surface area contributed by atoms with Crippen LogP contribution in [0.4, 0.5) is 0 Å². The fourth-order valence-electron chi connectivity index (χ4n) is 2.64. The Bertz CT molecular complexity index is 231. The third-order valence-electron chi connectivity index (χ3n) is 3.98. The molecule has 0 unspecified atom stereocenters. The second-order valence-electron chi connectivity index (χ2n) is 6.07. The van der Waals surface area contributed by atoms with Gasteiger partial charge >= 0.3 is 34.7 Å². The summed E-state index contributed by atoms with van der Waals surface area (Å²) >= 11 is 0. The van der Waals surface area contributed by atoms with Gasteiger partial charge in [-0.2, -0.15) is 0 Å². The SMILES string of the molecule is CCCCCCCCCCCCCCCCCC(=O)[O-].O.[Cl-].[Cl-].[Cl-].[Cl-].[Cr+3].[Cr+3]. The summed E-state index contributed by atoms with van der Waals surface area (Å²) in [5.74, 6) is -0.903. The van der Waals surface area contributed by atoms with Gasteiger partial charge < -0.3 is 65.0 Å². The Balaban J connectivity index is -0.0000000860. The quantitative estimate of drug-likeness (QED) is 0.180. The van der Waals surface area contributed by atoms with Crippen LogP contribution in [-0.2, 0) is 39.5 Å². The number of carboxylic acids is 1. The van der Waals surface area contributed by atoms with E-state index < -0.39 is 5.97 Å². The van der Waals surface area contributed by atoms with Crippen LogP contribution in [0.2, 0.25) is 0 Å². The van der Waals surface area contributed by atoms with E-state index in [9.17, 15) is 9.90 Å². The summed E-state index contributed by atoms with van der Waals surface area (Å²) in [6.45, 7) is 2.27. The standard InChI is InChI=1S/C18H36O2.4ClH.2Cr.H2O/c1-2-3-4-5-6-7-8-9-10-11-12-13-14-15-16-17-18(19)20;;;;;;;/h2-17H2,1H3,(H,19,20);4*1H;;;1H2/q;;;;;2*+3;/p-5. The number of halogens is 4. The summed E-state index contributed by atoms with van der Waals surface area (Å²) in [6.07, 6.45) is 19.9. The molecular formula is C18H37Cl4Cr2O3+. The average Bonchev–Trinajstić information content (AvgIpc) is 2.43. The molecule has 0 aliphatic carbocycles. The zero-order valence-electron chi connectivity index (χ0n) is 16.5. The molecule has 2 N–H and O–H groups in total. The van der Waals surface area contributed by atoms with Gasteiger partial charge in [0.25, 0.3) is 0 Å². The number of hydrogen-bond donors (Lipinski definition) is 0. The molecule has 27 heavy (non-hydrogen) atoms. The number of carbonyl (C=O) groups is 1. The Morgan fingerprint density at radius 2 is 0.778 bits per heavy atom. The Kier molecular flexibility index (Phi) is 87.6. The van der Waals surface area contributed by atoms with Gasteiger partial charge in [0.2, 0.25) is 0 Å². The Hall–Kier alpha value is 1.65. The van der Waals surface area contributed by atoms with Crippen molar-refractivity contribution in [3.63, 3.8) is 0 Å². The molecule has 0 saturated heterocycles. The van der Waals surface area contributed by atoms with Crippen molar-refractivity contribution in [2.45, 2.75) is 110 Å². The smallest absolute Gasteiger partial charge is 1.00 e. The van der Waals surface area contributed by atoms with Crippen molar-refractivity contribution in [2.75, 3.05) is 0 Å². The third-order valence-corrected chi connectivity index (χ3v) is 3.98. The molecule has 3 nitrogen and oxygen atoms in total. The molecule has 2 radical (unpaired) electrons. The van der Waals surface area contributed by atoms with Crippen molar-refractivity contribution >= 4 is 5.97 Å². The molecular weight excluding hydrogens is 510 g/mol. The minimum atomic E-state index is -0.903. The van der Waals surface area contributed by atoms with Crippen molar-refractivity contribution in [3.05, 3.63) is 0 Å². The molecule has 166 valence electrons. The molecule has 0 aliphatic rings. The first-order chi connectivity index (χ1) is 9.77. The summed E-state index contributed by atoms with van der Waals surface area (Å²) < 4.78 is 0. The predicted molar refractivity (Wildman–Crippen MR) is 88.2 cm³/mol. The van der Waals surface area contributed by atoms with E-state index in [1.165, 1.54) is 83.5 Å². The maximum absolute atomic E-state index is 10.2. The number of rotatable bonds is 16. The van der Waals surface area contributed by atoms with Crippen LogP contribution in [-0.4, -0.2) is 11.4 Å². The molecule has 0 rings (SSSR count). The minimum absolute atomic E-state index is 0. The van der Waals surface area contributed by atoms with Gasteiger partial charge in [-0.05, 0) is 12.8 Å². The molecule has 0 aromatic carbocycles. The first-order valence-electron chi connectivity index (χ1n) is 8.97. The molecule has 0 atom stereocenters. The predicted octanol–water partition coefficient (Wildman–Crippen LogP) is -7.82. The van der Waals surface area contributed by atoms with Crippen molar-refractivity contribution in [1.29, 1.82) is 0 Å². The van der Waals surface area contributed by atoms with Crippen molar-refractivity contribution in [1.82, 2.24) is 0 Å². The van der Waals surface area contributed by atoms with Crippen molar-refractivity contribution < 1.29 is 99.7 Å². The molecule has 0 amide bonds. The Morgan fingerprint density at radius 3 is 1.00 bits per heavy atom. The zero-order valence-corrected chi connectivity index (χ0v) is 22.0. The molecule has 0 aliphatic heterocycles. The number of hydrogen-bond acceptors (Lipinski definition) is 2. The Morgan fingerprint density at radius 1 is 0.556 bits per heavy atom. The second kappa shape index (κ2) is 46.1. The molecule has 0 bridgehead atoms. The van der Waals surface area contributed by atoms with Crippen LogP contribution in [0.3, 0.4) is 0 Å². The van der Waals surface area contributed by atoms with Crippen molar-refractivity contribution in [3.8, 4) is 0 Å². The van der Waals surface area contributed by atoms with E-state index in [1.54, 1.807) is 0 Å². The average molecular weight is 547 g/mol. The molecule has 0 aromatic rings. The van der Waals surface area contributed by atoms with Crippen LogP contribution < -0.4 is 54.7 Å². The monoisotopic (exact) mass is 545 g/mol. The molecule has 9 heteroatoms. The van der Waals surface area contributed by atoms with Crippen LogP contribution in [0.5, 0.6) is 0 Å². The van der Waals surface area contributed by atoms with Crippen LogP contribution >= 0.6 is 0 Å². The van der Waals surface area contributed by atoms with Crippen molar-refractivity contribution in [2.24, 2.45) is 0 Å². The van der Waals surface area contributed by atoms with Gasteiger partial charge in [-0.25, -0.2) is 0 Å². The van der Waals surface area contributed by atoms with Gasteiger partial charge in [0.15, 0.2) is 0 Å². The van der Waals surface area contributed by atoms with Gasteiger partial charge in [-0.15, -0.1) is 0 Å². The maximum atomic E-state index is 10.2. The van der Waals surface area contributed by atoms with Gasteiger partial charge in [-0.1, -0.05) is 96.8 Å². The third kappa shape index (κ3) is 52.3. The molecule has 0 aromatic heterocycles. The van der Waals surface area contributed by atoms with E-state index in [1.807, 2.05) is 0 Å². The first-order valence-corrected chi connectivity index (χ1v) is 8.97. The van der Waals surface area contributed by atoms with Crippen LogP contribution in [0.25, 0.3) is 0 Å². The molecule has 0 spiro atoms. The van der Waals surface area contributed by atoms with Gasteiger partial charge in [-0.3, -0.25) is 0 Å². The summed E-state index contributed by atoms with van der Waals surface area (Å²) in [5, 5.41) is 10.2. The topological polar surface area (TPSA) is 71.6 Å². The fraction of sp³-hybridized carbons (Fsp3) is 0.944. The van der Waals surface area contributed by atoms with E-state index >= 15 is 0 Å². The Labute approximate surface area is 214 Å². The number of carbonyl (C=O) groups excluding carboxylic acids is 1. The minimum Gasteiger partial charge on any atom is -1.00 e. The van der Waals surface area contributed by atoms with Gasteiger partial charge in [0.05, 0.1) is 0 Å². The van der Waals surface area contributed by atoms with Gasteiger partial charge in [0, 0.05) is 5.97 Å². The molecule has 0 fully saturated rings. The van der Waals surface area contributed by atoms with E-state index in [-0.39, 0.29) is 96.2 Å². The maximum Gasteiger partial charge on any atom is 3.00 e. The second-order valence-corrected chi connectivity index (χ2v) is 6.07. The molecule has 0 saturated carbocycles. The van der Waals surface area contributed by atoms with Crippen LogP contribution in [0.15, 0.2) is 0 Å². The fourth-order valence-corrected chi connectivity index (χ4v) is 2.64. The van der Waals surface area contributed by atoms with Crippen LogP contribution in [0.1, 0.15) is 110 Å². The van der Waals surface area contributed by atoms with Crippen LogP contribution in [0, 0.1) is 0 Å². The number of unbranched alkanes of at least 4 members (excludes halogenated alkanes) is 14. The van der Waals surface area contributed by atoms with E-state index in [4.69, 9.17) is 0 Å². The first kappa shape index (κ1) is 51.4. The van der Waals surface area contributed by atoms with E-state index in [0.717, 1.165) is 12.8 Å². The number of carboxylic acid groups (broad SMARTS) is 1. The summed E-state index contributed by atoms with van der Waals surface area (Å²) in [5.41, 5.74) is 0. The largest absolute Gasteiger partial charge is 3.00 e. The van der Waals surface area contributed by atoms with E-state index in [0.29, 0.717) is 0 Å². The normalized spacial score (nSPS) is 8.04. The zero-order chi connectivity index (χ0) is 14.9.